The fraction of sp³-hybridized carbons (Fsp3) is 0.231. The Balaban J connectivity index is 1.57. The highest BCUT2D eigenvalue weighted by atomic mass is 35.5. The molecule has 2 aromatic carbocycles. The number of nitrogens with one attached hydrogen (secondary N) is 1. The molecule has 2 N–H and O–H groups in total. The van der Waals surface area contributed by atoms with Crippen LogP contribution in [0.1, 0.15) is 29.6 Å². The number of rotatable bonds is 7. The van der Waals surface area contributed by atoms with Crippen LogP contribution in [0.3, 0.4) is 0 Å². The number of fused-ring (bicyclic) bond motifs is 2. The molecule has 5 aromatic rings. The van der Waals surface area contributed by atoms with E-state index in [2.05, 4.69) is 4.98 Å². The topological polar surface area (TPSA) is 110 Å². The monoisotopic (exact) mass is 578 g/mol. The summed E-state index contributed by atoms with van der Waals surface area (Å²) in [5.41, 5.74) is -1.76. The van der Waals surface area contributed by atoms with Gasteiger partial charge in [-0.25, -0.2) is 9.97 Å². The van der Waals surface area contributed by atoms with Gasteiger partial charge in [-0.2, -0.15) is 21.6 Å². The van der Waals surface area contributed by atoms with Gasteiger partial charge in [-0.15, -0.1) is 0 Å². The van der Waals surface area contributed by atoms with Gasteiger partial charge in [-0.3, -0.25) is 4.72 Å². The zero-order valence-electron chi connectivity index (χ0n) is 20.7. The largest absolute Gasteiger partial charge is 0.516 e. The molecule has 0 spiro atoms. The summed E-state index contributed by atoms with van der Waals surface area (Å²) in [6.45, 7) is 4.07. The molecular formula is C26H22ClF3N4O4S. The van der Waals surface area contributed by atoms with Crippen molar-refractivity contribution in [2.75, 3.05) is 4.72 Å². The van der Waals surface area contributed by atoms with Crippen LogP contribution in [-0.4, -0.2) is 33.6 Å². The van der Waals surface area contributed by atoms with Crippen LogP contribution >= 0.6 is 11.6 Å². The van der Waals surface area contributed by atoms with E-state index in [1.165, 1.54) is 24.3 Å². The Morgan fingerprint density at radius 2 is 1.87 bits per heavy atom. The standard InChI is InChI=1S/C26H22ClF3N4O4S/c1-3-21-32-23-14(2)10-16(13-35)31-25(23)34(21)12-15-8-9-20-18(11-15)22(27)24(38-20)17-6-4-5-7-19(17)33-39(36,37)26(28,29)30/h4-11,33,35H,3,12-13H2,1-2H3. The summed E-state index contributed by atoms with van der Waals surface area (Å²) in [5, 5.41) is 10.2. The predicted octanol–water partition coefficient (Wildman–Crippen LogP) is 6.17. The Labute approximate surface area is 226 Å². The number of aromatic nitrogens is 3. The molecule has 0 radical (unpaired) electrons. The second-order valence-electron chi connectivity index (χ2n) is 8.90. The molecule has 204 valence electrons. The molecule has 0 bridgehead atoms. The number of para-hydroxylation sites is 1. The van der Waals surface area contributed by atoms with E-state index < -0.39 is 15.5 Å². The first kappa shape index (κ1) is 27.0. The van der Waals surface area contributed by atoms with Crippen molar-refractivity contribution in [3.8, 4) is 11.3 Å². The summed E-state index contributed by atoms with van der Waals surface area (Å²) >= 11 is 6.64. The molecule has 0 amide bonds. The molecule has 3 heterocycles. The number of furan rings is 1. The van der Waals surface area contributed by atoms with Crippen molar-refractivity contribution in [2.45, 2.75) is 38.9 Å². The number of halogens is 4. The van der Waals surface area contributed by atoms with Gasteiger partial charge in [0.2, 0.25) is 0 Å². The zero-order valence-corrected chi connectivity index (χ0v) is 22.2. The first-order valence-corrected chi connectivity index (χ1v) is 13.7. The molecule has 5 rings (SSSR count). The number of hydrogen-bond donors (Lipinski definition) is 2. The molecule has 0 aliphatic carbocycles. The van der Waals surface area contributed by atoms with Crippen molar-refractivity contribution in [3.05, 3.63) is 76.2 Å². The van der Waals surface area contributed by atoms with E-state index in [0.29, 0.717) is 35.3 Å². The number of pyridine rings is 1. The smallest absolute Gasteiger partial charge is 0.454 e. The quantitative estimate of drug-likeness (QED) is 0.239. The fourth-order valence-corrected chi connectivity index (χ4v) is 5.28. The summed E-state index contributed by atoms with van der Waals surface area (Å²) in [6.07, 6.45) is 0.647. The Morgan fingerprint density at radius 1 is 1.13 bits per heavy atom. The third-order valence-corrected chi connectivity index (χ3v) is 7.73. The maximum atomic E-state index is 13.0. The van der Waals surface area contributed by atoms with Gasteiger partial charge in [0.1, 0.15) is 16.9 Å². The van der Waals surface area contributed by atoms with Crippen molar-refractivity contribution in [2.24, 2.45) is 0 Å². The maximum absolute atomic E-state index is 13.0. The van der Waals surface area contributed by atoms with Crippen LogP contribution in [0.5, 0.6) is 0 Å². The van der Waals surface area contributed by atoms with E-state index in [9.17, 15) is 26.7 Å². The lowest BCUT2D eigenvalue weighted by Crippen LogP contribution is -2.30. The van der Waals surface area contributed by atoms with E-state index >= 15 is 0 Å². The Morgan fingerprint density at radius 3 is 2.56 bits per heavy atom. The number of anilines is 1. The molecule has 0 aliphatic heterocycles. The minimum Gasteiger partial charge on any atom is -0.454 e. The maximum Gasteiger partial charge on any atom is 0.516 e. The molecular weight excluding hydrogens is 557 g/mol. The lowest BCUT2D eigenvalue weighted by Gasteiger charge is -2.13. The molecule has 0 fully saturated rings. The molecule has 0 saturated heterocycles. The van der Waals surface area contributed by atoms with Crippen LogP contribution in [0, 0.1) is 6.92 Å². The van der Waals surface area contributed by atoms with Crippen molar-refractivity contribution in [1.82, 2.24) is 14.5 Å². The number of imidazole rings is 1. The number of sulfonamides is 1. The van der Waals surface area contributed by atoms with Gasteiger partial charge < -0.3 is 14.1 Å². The normalized spacial score (nSPS) is 12.5. The minimum atomic E-state index is -5.66. The second kappa shape index (κ2) is 9.85. The average molecular weight is 579 g/mol. The Kier molecular flexibility index (Phi) is 6.81. The minimum absolute atomic E-state index is 0.0245. The van der Waals surface area contributed by atoms with Crippen LogP contribution in [0.2, 0.25) is 5.02 Å². The van der Waals surface area contributed by atoms with Crippen LogP contribution < -0.4 is 4.72 Å². The second-order valence-corrected chi connectivity index (χ2v) is 11.0. The van der Waals surface area contributed by atoms with E-state index in [-0.39, 0.29) is 28.6 Å². The molecule has 0 unspecified atom stereocenters. The summed E-state index contributed by atoms with van der Waals surface area (Å²) in [6, 6.07) is 12.6. The summed E-state index contributed by atoms with van der Waals surface area (Å²) in [5.74, 6) is 0.831. The average Bonchev–Trinajstić information content (AvgIpc) is 3.41. The fourth-order valence-electron chi connectivity index (χ4n) is 4.41. The van der Waals surface area contributed by atoms with E-state index in [4.69, 9.17) is 21.0 Å². The van der Waals surface area contributed by atoms with Crippen molar-refractivity contribution in [3.63, 3.8) is 0 Å². The van der Waals surface area contributed by atoms with Gasteiger partial charge in [-0.05, 0) is 48.4 Å². The van der Waals surface area contributed by atoms with Crippen molar-refractivity contribution in [1.29, 1.82) is 0 Å². The van der Waals surface area contributed by atoms with Gasteiger partial charge in [-0.1, -0.05) is 36.7 Å². The van der Waals surface area contributed by atoms with Gasteiger partial charge in [0.15, 0.2) is 11.4 Å². The molecule has 8 nitrogen and oxygen atoms in total. The number of benzene rings is 2. The number of hydrogen-bond acceptors (Lipinski definition) is 6. The number of alkyl halides is 3. The van der Waals surface area contributed by atoms with Crippen LogP contribution in [0.25, 0.3) is 33.5 Å². The van der Waals surface area contributed by atoms with E-state index in [1.807, 2.05) is 24.5 Å². The molecule has 0 aliphatic rings. The first-order valence-electron chi connectivity index (χ1n) is 11.8. The summed E-state index contributed by atoms with van der Waals surface area (Å²) in [4.78, 5) is 9.29. The zero-order chi connectivity index (χ0) is 28.1. The Bertz CT molecular complexity index is 1830. The third-order valence-electron chi connectivity index (χ3n) is 6.26. The highest BCUT2D eigenvalue weighted by molar-refractivity contribution is 7.93. The summed E-state index contributed by atoms with van der Waals surface area (Å²) in [7, 11) is -5.66. The van der Waals surface area contributed by atoms with E-state index in [1.54, 1.807) is 22.9 Å². The molecule has 13 heteroatoms. The van der Waals surface area contributed by atoms with Crippen LogP contribution in [0.15, 0.2) is 52.9 Å². The number of aryl methyl sites for hydroxylation is 2. The van der Waals surface area contributed by atoms with Gasteiger partial charge in [0.05, 0.1) is 29.6 Å². The van der Waals surface area contributed by atoms with E-state index in [0.717, 1.165) is 22.5 Å². The molecule has 0 atom stereocenters. The SMILES string of the molecule is CCc1nc2c(C)cc(CO)nc2n1Cc1ccc2oc(-c3ccccc3NS(=O)(=O)C(F)(F)F)c(Cl)c2c1. The first-order chi connectivity index (χ1) is 18.4. The molecule has 39 heavy (non-hydrogen) atoms. The van der Waals surface area contributed by atoms with Gasteiger partial charge in [0.25, 0.3) is 0 Å². The highest BCUT2D eigenvalue weighted by Crippen LogP contribution is 2.41. The third kappa shape index (κ3) is 4.83. The van der Waals surface area contributed by atoms with Crippen LogP contribution in [-0.2, 0) is 29.6 Å². The lowest BCUT2D eigenvalue weighted by molar-refractivity contribution is -0.0429. The Hall–Kier alpha value is -3.61. The number of aliphatic hydroxyl groups is 1. The van der Waals surface area contributed by atoms with Crippen molar-refractivity contribution < 1.29 is 31.1 Å². The highest BCUT2D eigenvalue weighted by Gasteiger charge is 2.46. The van der Waals surface area contributed by atoms with Crippen LogP contribution in [0.4, 0.5) is 18.9 Å². The summed E-state index contributed by atoms with van der Waals surface area (Å²) < 4.78 is 71.9. The lowest BCUT2D eigenvalue weighted by atomic mass is 10.1. The predicted molar refractivity (Wildman–Crippen MR) is 142 cm³/mol. The number of nitrogens with zero attached hydrogens (tertiary/aromatic N) is 3. The molecule has 0 saturated carbocycles. The van der Waals surface area contributed by atoms with Gasteiger partial charge in [0, 0.05) is 17.4 Å². The molecule has 3 aromatic heterocycles. The van der Waals surface area contributed by atoms with Crippen molar-refractivity contribution >= 4 is 49.4 Å². The number of aliphatic hydroxyl groups excluding tert-OH is 1. The van der Waals surface area contributed by atoms with Gasteiger partial charge >= 0.3 is 15.5 Å².